The van der Waals surface area contributed by atoms with Crippen LogP contribution < -0.4 is 0 Å². The van der Waals surface area contributed by atoms with Crippen molar-refractivity contribution in [2.45, 2.75) is 71.5 Å². The van der Waals surface area contributed by atoms with E-state index in [4.69, 9.17) is 9.84 Å². The van der Waals surface area contributed by atoms with Gasteiger partial charge in [0.1, 0.15) is 0 Å². The first kappa shape index (κ1) is 20.2. The summed E-state index contributed by atoms with van der Waals surface area (Å²) < 4.78 is 5.52. The van der Waals surface area contributed by atoms with Crippen molar-refractivity contribution in [2.75, 3.05) is 7.11 Å². The highest BCUT2D eigenvalue weighted by Gasteiger charge is 2.39. The van der Waals surface area contributed by atoms with Gasteiger partial charge in [-0.1, -0.05) is 39.3 Å². The Morgan fingerprint density at radius 2 is 1.96 bits per heavy atom. The maximum absolute atomic E-state index is 11.1. The second kappa shape index (κ2) is 10.1. The minimum atomic E-state index is -0.882. The van der Waals surface area contributed by atoms with Gasteiger partial charge >= 0.3 is 5.97 Å². The third-order valence-electron chi connectivity index (χ3n) is 5.39. The van der Waals surface area contributed by atoms with Gasteiger partial charge in [0.2, 0.25) is 0 Å². The number of carboxylic acid groups (broad SMARTS) is 1. The molecule has 23 heavy (non-hydrogen) atoms. The van der Waals surface area contributed by atoms with Crippen LogP contribution in [0.25, 0.3) is 0 Å². The van der Waals surface area contributed by atoms with Crippen molar-refractivity contribution in [3.63, 3.8) is 0 Å². The Bertz CT molecular complexity index is 380. The summed E-state index contributed by atoms with van der Waals surface area (Å²) in [7, 11) is 1.77. The number of methoxy groups -OCH3 is 1. The van der Waals surface area contributed by atoms with Crippen molar-refractivity contribution < 1.29 is 19.7 Å². The summed E-state index contributed by atoms with van der Waals surface area (Å²) in [5.74, 6) is 0.153. The number of allylic oxidation sites excluding steroid dienone is 1. The lowest BCUT2D eigenvalue weighted by Gasteiger charge is -2.19. The van der Waals surface area contributed by atoms with Crippen LogP contribution in [-0.4, -0.2) is 35.5 Å². The molecule has 0 radical (unpaired) electrons. The van der Waals surface area contributed by atoms with E-state index in [1.54, 1.807) is 7.11 Å². The Morgan fingerprint density at radius 3 is 2.48 bits per heavy atom. The number of aliphatic carboxylic acids is 1. The summed E-state index contributed by atoms with van der Waals surface area (Å²) in [6, 6.07) is 0. The lowest BCUT2D eigenvalue weighted by atomic mass is 9.94. The van der Waals surface area contributed by atoms with E-state index in [0.717, 1.165) is 25.7 Å². The van der Waals surface area contributed by atoms with Gasteiger partial charge in [-0.25, -0.2) is 0 Å². The molecule has 0 saturated heterocycles. The number of aliphatic hydroxyl groups excluding tert-OH is 1. The topological polar surface area (TPSA) is 66.8 Å². The molecule has 0 aromatic heterocycles. The van der Waals surface area contributed by atoms with Crippen LogP contribution in [0.5, 0.6) is 0 Å². The first-order chi connectivity index (χ1) is 10.9. The lowest BCUT2D eigenvalue weighted by molar-refractivity contribution is -0.146. The van der Waals surface area contributed by atoms with Crippen molar-refractivity contribution >= 4 is 5.97 Å². The Kier molecular flexibility index (Phi) is 8.85. The monoisotopic (exact) mass is 326 g/mol. The summed E-state index contributed by atoms with van der Waals surface area (Å²) in [4.78, 5) is 11.1. The number of rotatable bonds is 12. The molecule has 0 heterocycles. The van der Waals surface area contributed by atoms with Crippen LogP contribution in [0.15, 0.2) is 12.2 Å². The Morgan fingerprint density at radius 1 is 1.26 bits per heavy atom. The van der Waals surface area contributed by atoms with Crippen molar-refractivity contribution in [2.24, 2.45) is 23.7 Å². The zero-order chi connectivity index (χ0) is 17.4. The van der Waals surface area contributed by atoms with Gasteiger partial charge in [-0.2, -0.15) is 0 Å². The van der Waals surface area contributed by atoms with Crippen molar-refractivity contribution in [1.82, 2.24) is 0 Å². The number of hydrogen-bond donors (Lipinski definition) is 2. The van der Waals surface area contributed by atoms with E-state index in [0.29, 0.717) is 30.6 Å². The predicted molar refractivity (Wildman–Crippen MR) is 92.3 cm³/mol. The molecule has 4 heteroatoms. The fraction of sp³-hybridized carbons (Fsp3) is 0.842. The van der Waals surface area contributed by atoms with Crippen LogP contribution in [0.1, 0.15) is 59.3 Å². The summed E-state index contributed by atoms with van der Waals surface area (Å²) in [5, 5.41) is 19.1. The fourth-order valence-corrected chi connectivity index (χ4v) is 3.30. The summed E-state index contributed by atoms with van der Waals surface area (Å²) in [6.45, 7) is 6.22. The third-order valence-corrected chi connectivity index (χ3v) is 5.39. The molecule has 2 N–H and O–H groups in total. The second-order valence-corrected chi connectivity index (χ2v) is 7.01. The molecule has 0 aromatic carbocycles. The molecule has 1 fully saturated rings. The van der Waals surface area contributed by atoms with Crippen molar-refractivity contribution in [3.8, 4) is 0 Å². The van der Waals surface area contributed by atoms with Gasteiger partial charge in [0.05, 0.1) is 18.1 Å². The van der Waals surface area contributed by atoms with Crippen LogP contribution in [-0.2, 0) is 9.53 Å². The molecule has 2 unspecified atom stereocenters. The maximum atomic E-state index is 11.1. The Labute approximate surface area is 140 Å². The number of carbonyl (C=O) groups is 1. The Balaban J connectivity index is 2.26. The van der Waals surface area contributed by atoms with Crippen LogP contribution in [0.4, 0.5) is 0 Å². The largest absolute Gasteiger partial charge is 0.481 e. The third kappa shape index (κ3) is 6.64. The van der Waals surface area contributed by atoms with Gasteiger partial charge in [0.15, 0.2) is 0 Å². The average Bonchev–Trinajstić information content (AvgIpc) is 3.24. The minimum Gasteiger partial charge on any atom is -0.481 e. The molecule has 1 aliphatic carbocycles. The summed E-state index contributed by atoms with van der Waals surface area (Å²) in [6.07, 6.45) is 9.32. The molecule has 1 rings (SSSR count). The molecule has 0 aliphatic heterocycles. The lowest BCUT2D eigenvalue weighted by Crippen LogP contribution is -2.28. The van der Waals surface area contributed by atoms with E-state index in [-0.39, 0.29) is 6.10 Å². The van der Waals surface area contributed by atoms with Gasteiger partial charge in [0.25, 0.3) is 0 Å². The number of hydrogen-bond acceptors (Lipinski definition) is 3. The van der Waals surface area contributed by atoms with Gasteiger partial charge < -0.3 is 14.9 Å². The molecule has 0 amide bonds. The molecule has 134 valence electrons. The number of aliphatic hydroxyl groups is 1. The SMILES string of the molecule is CC[C@H](C)[C@H](C/C=C\CC1CC1C[C@@H](O)[C@@H](CC)C(=O)O)OC. The molecule has 0 spiro atoms. The highest BCUT2D eigenvalue weighted by atomic mass is 16.5. The zero-order valence-electron chi connectivity index (χ0n) is 15.1. The smallest absolute Gasteiger partial charge is 0.309 e. The van der Waals surface area contributed by atoms with Crippen LogP contribution in [0.2, 0.25) is 0 Å². The van der Waals surface area contributed by atoms with Gasteiger partial charge in [-0.3, -0.25) is 4.79 Å². The van der Waals surface area contributed by atoms with Crippen molar-refractivity contribution in [3.05, 3.63) is 12.2 Å². The standard InChI is InChI=1S/C19H34O4/c1-5-13(3)18(23-4)10-8-7-9-14-11-15(14)12-17(20)16(6-2)19(21)22/h7-8,13-18,20H,5-6,9-12H2,1-4H3,(H,21,22)/b8-7-/t13-,14?,15?,16+,17+,18-/m0/s1. The van der Waals surface area contributed by atoms with E-state index in [1.165, 1.54) is 0 Å². The molecule has 1 saturated carbocycles. The highest BCUT2D eigenvalue weighted by Crippen LogP contribution is 2.45. The van der Waals surface area contributed by atoms with E-state index in [1.807, 2.05) is 6.92 Å². The predicted octanol–water partition coefficient (Wildman–Crippen LogP) is 3.88. The van der Waals surface area contributed by atoms with Crippen molar-refractivity contribution in [1.29, 1.82) is 0 Å². The quantitative estimate of drug-likeness (QED) is 0.534. The highest BCUT2D eigenvalue weighted by molar-refractivity contribution is 5.70. The van der Waals surface area contributed by atoms with Gasteiger partial charge in [0, 0.05) is 7.11 Å². The number of carboxylic acids is 1. The zero-order valence-corrected chi connectivity index (χ0v) is 15.1. The van der Waals surface area contributed by atoms with E-state index in [2.05, 4.69) is 26.0 Å². The Hall–Kier alpha value is -0.870. The first-order valence-electron chi connectivity index (χ1n) is 9.03. The van der Waals surface area contributed by atoms with Gasteiger partial charge in [-0.15, -0.1) is 0 Å². The molecule has 6 atom stereocenters. The summed E-state index contributed by atoms with van der Waals surface area (Å²) >= 11 is 0. The first-order valence-corrected chi connectivity index (χ1v) is 9.03. The fourth-order valence-electron chi connectivity index (χ4n) is 3.30. The van der Waals surface area contributed by atoms with Crippen LogP contribution >= 0.6 is 0 Å². The van der Waals surface area contributed by atoms with Crippen LogP contribution in [0.3, 0.4) is 0 Å². The minimum absolute atomic E-state index is 0.286. The molecular formula is C19H34O4. The van der Waals surface area contributed by atoms with E-state index < -0.39 is 18.0 Å². The maximum Gasteiger partial charge on any atom is 0.309 e. The molecule has 0 bridgehead atoms. The summed E-state index contributed by atoms with van der Waals surface area (Å²) in [5.41, 5.74) is 0. The van der Waals surface area contributed by atoms with Gasteiger partial charge in [-0.05, 0) is 49.9 Å². The van der Waals surface area contributed by atoms with E-state index >= 15 is 0 Å². The second-order valence-electron chi connectivity index (χ2n) is 7.01. The van der Waals surface area contributed by atoms with Crippen LogP contribution in [0, 0.1) is 23.7 Å². The van der Waals surface area contributed by atoms with E-state index in [9.17, 15) is 9.90 Å². The number of ether oxygens (including phenoxy) is 1. The molecule has 4 nitrogen and oxygen atoms in total. The average molecular weight is 326 g/mol. The molecular weight excluding hydrogens is 292 g/mol. The normalized spacial score (nSPS) is 26.0. The molecule has 1 aliphatic rings. The molecule has 0 aromatic rings.